The highest BCUT2D eigenvalue weighted by Gasteiger charge is 2.12. The van der Waals surface area contributed by atoms with Crippen molar-refractivity contribution in [3.63, 3.8) is 0 Å². The number of halogens is 1. The summed E-state index contributed by atoms with van der Waals surface area (Å²) in [5, 5.41) is 0.547. The maximum atomic E-state index is 12.0. The normalized spacial score (nSPS) is 11.1. The molecule has 0 aliphatic carbocycles. The van der Waals surface area contributed by atoms with E-state index in [1.54, 1.807) is 24.3 Å². The number of amides is 1. The molecule has 0 radical (unpaired) electrons. The SMILES string of the molecule is NC(=O)c1ccc(NS(=O)(=O)Cc2ccc(Cl)cc2)cc1. The first-order valence-electron chi connectivity index (χ1n) is 6.00. The fraction of sp³-hybridized carbons (Fsp3) is 0.0714. The van der Waals surface area contributed by atoms with Crippen LogP contribution in [0.1, 0.15) is 15.9 Å². The van der Waals surface area contributed by atoms with E-state index in [1.165, 1.54) is 24.3 Å². The van der Waals surface area contributed by atoms with Crippen LogP contribution >= 0.6 is 11.6 Å². The summed E-state index contributed by atoms with van der Waals surface area (Å²) in [6, 6.07) is 12.5. The van der Waals surface area contributed by atoms with Crippen LogP contribution < -0.4 is 10.5 Å². The van der Waals surface area contributed by atoms with Crippen molar-refractivity contribution in [3.05, 3.63) is 64.7 Å². The number of nitrogens with two attached hydrogens (primary N) is 1. The maximum absolute atomic E-state index is 12.0. The number of rotatable bonds is 5. The Kier molecular flexibility index (Phi) is 4.50. The lowest BCUT2D eigenvalue weighted by Gasteiger charge is -2.08. The molecule has 0 unspecified atom stereocenters. The summed E-state index contributed by atoms with van der Waals surface area (Å²) in [6.45, 7) is 0. The summed E-state index contributed by atoms with van der Waals surface area (Å²) >= 11 is 5.75. The third kappa shape index (κ3) is 4.47. The molecule has 0 atom stereocenters. The minimum absolute atomic E-state index is 0.165. The van der Waals surface area contributed by atoms with Gasteiger partial charge in [0.05, 0.1) is 5.75 Å². The van der Waals surface area contributed by atoms with Crippen molar-refractivity contribution in [2.75, 3.05) is 4.72 Å². The highest BCUT2D eigenvalue weighted by Crippen LogP contribution is 2.15. The van der Waals surface area contributed by atoms with Gasteiger partial charge in [0.15, 0.2) is 0 Å². The number of nitrogens with one attached hydrogen (secondary N) is 1. The number of anilines is 1. The monoisotopic (exact) mass is 324 g/mol. The number of primary amides is 1. The Morgan fingerprint density at radius 3 is 2.14 bits per heavy atom. The molecule has 3 N–H and O–H groups in total. The van der Waals surface area contributed by atoms with Crippen molar-refractivity contribution in [1.82, 2.24) is 0 Å². The van der Waals surface area contributed by atoms with Gasteiger partial charge < -0.3 is 5.73 Å². The molecule has 0 saturated carbocycles. The molecule has 0 bridgehead atoms. The van der Waals surface area contributed by atoms with Gasteiger partial charge in [-0.15, -0.1) is 0 Å². The van der Waals surface area contributed by atoms with Gasteiger partial charge in [-0.25, -0.2) is 8.42 Å². The second-order valence-corrected chi connectivity index (χ2v) is 6.59. The van der Waals surface area contributed by atoms with E-state index in [0.717, 1.165) is 0 Å². The average Bonchev–Trinajstić information content (AvgIpc) is 2.41. The number of sulfonamides is 1. The molecule has 7 heteroatoms. The molecule has 2 aromatic rings. The fourth-order valence-electron chi connectivity index (χ4n) is 1.72. The standard InChI is InChI=1S/C14H13ClN2O3S/c15-12-5-1-10(2-6-12)9-21(19,20)17-13-7-3-11(4-8-13)14(16)18/h1-8,17H,9H2,(H2,16,18). The van der Waals surface area contributed by atoms with Crippen LogP contribution in [0.15, 0.2) is 48.5 Å². The van der Waals surface area contributed by atoms with Gasteiger partial charge in [-0.3, -0.25) is 9.52 Å². The molecule has 0 aromatic heterocycles. The predicted octanol–water partition coefficient (Wildman–Crippen LogP) is 2.38. The molecule has 110 valence electrons. The van der Waals surface area contributed by atoms with Crippen molar-refractivity contribution in [2.45, 2.75) is 5.75 Å². The van der Waals surface area contributed by atoms with Gasteiger partial charge in [0.2, 0.25) is 15.9 Å². The summed E-state index contributed by atoms with van der Waals surface area (Å²) in [7, 11) is -3.54. The van der Waals surface area contributed by atoms with Gasteiger partial charge in [-0.2, -0.15) is 0 Å². The van der Waals surface area contributed by atoms with Crippen LogP contribution in [-0.4, -0.2) is 14.3 Å². The molecule has 0 aliphatic rings. The minimum atomic E-state index is -3.54. The molecule has 0 aliphatic heterocycles. The summed E-state index contributed by atoms with van der Waals surface area (Å²) in [4.78, 5) is 10.9. The Hall–Kier alpha value is -2.05. The Morgan fingerprint density at radius 1 is 1.05 bits per heavy atom. The van der Waals surface area contributed by atoms with Crippen molar-refractivity contribution in [3.8, 4) is 0 Å². The Labute approximate surface area is 127 Å². The molecule has 2 aromatic carbocycles. The van der Waals surface area contributed by atoms with E-state index in [2.05, 4.69) is 4.72 Å². The Bertz CT molecular complexity index is 741. The summed E-state index contributed by atoms with van der Waals surface area (Å²) in [5.41, 5.74) is 6.43. The van der Waals surface area contributed by atoms with Gasteiger partial charge in [-0.1, -0.05) is 23.7 Å². The van der Waals surface area contributed by atoms with E-state index in [9.17, 15) is 13.2 Å². The van der Waals surface area contributed by atoms with Gasteiger partial charge in [-0.05, 0) is 42.0 Å². The molecule has 0 fully saturated rings. The average molecular weight is 325 g/mol. The van der Waals surface area contributed by atoms with Crippen LogP contribution in [0.4, 0.5) is 5.69 Å². The predicted molar refractivity (Wildman–Crippen MR) is 82.7 cm³/mol. The highest BCUT2D eigenvalue weighted by atomic mass is 35.5. The fourth-order valence-corrected chi connectivity index (χ4v) is 3.04. The molecule has 1 amide bonds. The number of carbonyl (C=O) groups is 1. The summed E-state index contributed by atoms with van der Waals surface area (Å²) in [5.74, 6) is -0.729. The van der Waals surface area contributed by atoms with Crippen molar-refractivity contribution >= 4 is 33.2 Å². The van der Waals surface area contributed by atoms with Gasteiger partial charge in [0, 0.05) is 16.3 Å². The molecule has 0 heterocycles. The largest absolute Gasteiger partial charge is 0.366 e. The van der Waals surface area contributed by atoms with E-state index >= 15 is 0 Å². The second kappa shape index (κ2) is 6.15. The zero-order valence-corrected chi connectivity index (χ0v) is 12.5. The molecule has 21 heavy (non-hydrogen) atoms. The van der Waals surface area contributed by atoms with Crippen LogP contribution in [0.2, 0.25) is 5.02 Å². The summed E-state index contributed by atoms with van der Waals surface area (Å²) < 4.78 is 26.5. The van der Waals surface area contributed by atoms with Crippen LogP contribution in [0, 0.1) is 0 Å². The molecule has 2 rings (SSSR count). The molecule has 0 spiro atoms. The molecular weight excluding hydrogens is 312 g/mol. The number of carbonyl (C=O) groups excluding carboxylic acids is 1. The van der Waals surface area contributed by atoms with Crippen LogP contribution in [0.5, 0.6) is 0 Å². The van der Waals surface area contributed by atoms with Crippen LogP contribution in [0.25, 0.3) is 0 Å². The van der Waals surface area contributed by atoms with E-state index < -0.39 is 15.9 Å². The Morgan fingerprint density at radius 2 is 1.62 bits per heavy atom. The maximum Gasteiger partial charge on any atom is 0.248 e. The highest BCUT2D eigenvalue weighted by molar-refractivity contribution is 7.91. The lowest BCUT2D eigenvalue weighted by molar-refractivity contribution is 0.100. The van der Waals surface area contributed by atoms with Crippen LogP contribution in [0.3, 0.4) is 0 Å². The first-order chi connectivity index (χ1) is 9.85. The van der Waals surface area contributed by atoms with Gasteiger partial charge in [0.1, 0.15) is 0 Å². The quantitative estimate of drug-likeness (QED) is 0.884. The topological polar surface area (TPSA) is 89.3 Å². The second-order valence-electron chi connectivity index (χ2n) is 4.43. The van der Waals surface area contributed by atoms with Crippen molar-refractivity contribution in [1.29, 1.82) is 0 Å². The van der Waals surface area contributed by atoms with Crippen molar-refractivity contribution in [2.24, 2.45) is 5.73 Å². The van der Waals surface area contributed by atoms with E-state index in [1.807, 2.05) is 0 Å². The van der Waals surface area contributed by atoms with E-state index in [4.69, 9.17) is 17.3 Å². The Balaban J connectivity index is 2.10. The van der Waals surface area contributed by atoms with Crippen molar-refractivity contribution < 1.29 is 13.2 Å². The number of hydrogen-bond donors (Lipinski definition) is 2. The van der Waals surface area contributed by atoms with E-state index in [0.29, 0.717) is 21.8 Å². The van der Waals surface area contributed by atoms with E-state index in [-0.39, 0.29) is 5.75 Å². The third-order valence-electron chi connectivity index (χ3n) is 2.71. The van der Waals surface area contributed by atoms with Gasteiger partial charge in [0.25, 0.3) is 0 Å². The van der Waals surface area contributed by atoms with Crippen LogP contribution in [-0.2, 0) is 15.8 Å². The molecule has 0 saturated heterocycles. The number of hydrogen-bond acceptors (Lipinski definition) is 3. The minimum Gasteiger partial charge on any atom is -0.366 e. The zero-order chi connectivity index (χ0) is 15.5. The van der Waals surface area contributed by atoms with Gasteiger partial charge >= 0.3 is 0 Å². The third-order valence-corrected chi connectivity index (χ3v) is 4.22. The zero-order valence-electron chi connectivity index (χ0n) is 10.9. The lowest BCUT2D eigenvalue weighted by Crippen LogP contribution is -2.15. The first kappa shape index (κ1) is 15.3. The first-order valence-corrected chi connectivity index (χ1v) is 8.03. The smallest absolute Gasteiger partial charge is 0.248 e. The molecule has 5 nitrogen and oxygen atoms in total. The summed E-state index contributed by atoms with van der Waals surface area (Å²) in [6.07, 6.45) is 0. The lowest BCUT2D eigenvalue weighted by atomic mass is 10.2. The molecular formula is C14H13ClN2O3S. The number of benzene rings is 2.